The maximum atomic E-state index is 12.2. The molecule has 3 rings (SSSR count). The van der Waals surface area contributed by atoms with E-state index < -0.39 is 0 Å². The van der Waals surface area contributed by atoms with Crippen molar-refractivity contribution in [3.8, 4) is 0 Å². The lowest BCUT2D eigenvalue weighted by molar-refractivity contribution is 0.183. The number of aromatic nitrogens is 3. The molecule has 1 aliphatic rings. The summed E-state index contributed by atoms with van der Waals surface area (Å²) in [5.74, 6) is 0. The van der Waals surface area contributed by atoms with Gasteiger partial charge in [0, 0.05) is 25.1 Å². The molecule has 24 heavy (non-hydrogen) atoms. The number of fused-ring (bicyclic) bond motifs is 1. The maximum Gasteiger partial charge on any atom is 0.319 e. The zero-order valence-corrected chi connectivity index (χ0v) is 13.5. The number of nitrogens with zero attached hydrogens (tertiary/aromatic N) is 2. The fourth-order valence-electron chi connectivity index (χ4n) is 2.91. The van der Waals surface area contributed by atoms with Crippen LogP contribution in [0.2, 0.25) is 0 Å². The number of aryl methyl sites for hydroxylation is 1. The number of urea groups is 1. The molecule has 1 atom stereocenters. The third-order valence-corrected chi connectivity index (χ3v) is 4.05. The lowest BCUT2D eigenvalue weighted by Gasteiger charge is -2.25. The summed E-state index contributed by atoms with van der Waals surface area (Å²) in [4.78, 5) is 26.5. The lowest BCUT2D eigenvalue weighted by Crippen LogP contribution is -2.35. The van der Waals surface area contributed by atoms with E-state index in [0.717, 1.165) is 30.5 Å². The molecule has 0 aromatic carbocycles. The Labute approximate surface area is 139 Å². The highest BCUT2D eigenvalue weighted by atomic mass is 16.5. The molecule has 1 aliphatic carbocycles. The number of rotatable bonds is 5. The van der Waals surface area contributed by atoms with Crippen LogP contribution in [0.4, 0.5) is 10.5 Å². The van der Waals surface area contributed by atoms with Crippen LogP contribution >= 0.6 is 0 Å². The minimum atomic E-state index is -0.287. The molecule has 128 valence electrons. The van der Waals surface area contributed by atoms with Gasteiger partial charge in [-0.05, 0) is 30.9 Å². The third-order valence-electron chi connectivity index (χ3n) is 4.05. The maximum absolute atomic E-state index is 12.2. The van der Waals surface area contributed by atoms with Gasteiger partial charge in [-0.2, -0.15) is 5.10 Å². The number of hydrogen-bond acceptors (Lipinski definition) is 4. The van der Waals surface area contributed by atoms with E-state index in [0.29, 0.717) is 18.8 Å². The van der Waals surface area contributed by atoms with Crippen molar-refractivity contribution in [3.05, 3.63) is 46.1 Å². The van der Waals surface area contributed by atoms with E-state index in [1.54, 1.807) is 30.3 Å². The van der Waals surface area contributed by atoms with Crippen molar-refractivity contribution in [2.75, 3.05) is 19.0 Å². The van der Waals surface area contributed by atoms with Crippen molar-refractivity contribution in [2.24, 2.45) is 0 Å². The first-order chi connectivity index (χ1) is 11.7. The van der Waals surface area contributed by atoms with Crippen LogP contribution < -0.4 is 16.2 Å². The van der Waals surface area contributed by atoms with Crippen LogP contribution in [0, 0.1) is 0 Å². The first-order valence-corrected chi connectivity index (χ1v) is 7.96. The van der Waals surface area contributed by atoms with Gasteiger partial charge in [-0.3, -0.25) is 9.48 Å². The Kier molecular flexibility index (Phi) is 4.95. The fraction of sp³-hybridized carbons (Fsp3) is 0.438. The van der Waals surface area contributed by atoms with Gasteiger partial charge in [-0.15, -0.1) is 0 Å². The number of methoxy groups -OCH3 is 1. The summed E-state index contributed by atoms with van der Waals surface area (Å²) in [5.41, 5.74) is 2.40. The molecule has 2 aromatic heterocycles. The van der Waals surface area contributed by atoms with Crippen LogP contribution in [0.3, 0.4) is 0 Å². The molecular formula is C16H21N5O3. The van der Waals surface area contributed by atoms with Gasteiger partial charge >= 0.3 is 6.03 Å². The Hall–Kier alpha value is -2.61. The first-order valence-electron chi connectivity index (χ1n) is 7.96. The van der Waals surface area contributed by atoms with Crippen LogP contribution in [0.5, 0.6) is 0 Å². The second-order valence-electron chi connectivity index (χ2n) is 5.78. The highest BCUT2D eigenvalue weighted by Gasteiger charge is 2.22. The molecule has 0 fully saturated rings. The Morgan fingerprint density at radius 2 is 2.38 bits per heavy atom. The smallest absolute Gasteiger partial charge is 0.319 e. The number of anilines is 1. The molecule has 0 unspecified atom stereocenters. The second-order valence-corrected chi connectivity index (χ2v) is 5.78. The predicted molar refractivity (Wildman–Crippen MR) is 89.0 cm³/mol. The number of H-pyrrole nitrogens is 1. The molecular weight excluding hydrogens is 310 g/mol. The van der Waals surface area contributed by atoms with E-state index in [1.807, 2.05) is 0 Å². The van der Waals surface area contributed by atoms with E-state index in [-0.39, 0.29) is 17.6 Å². The standard InChI is InChI=1S/C16H21N5O3/c1-24-8-7-21-10-11(9-17-21)18-16(23)20-14-4-2-3-13-12(14)5-6-15(22)19-13/h5-6,9-10,14H,2-4,7-8H2,1H3,(H,19,22)(H2,18,20,23)/t14-/m0/s1. The number of nitrogens with one attached hydrogen (secondary N) is 3. The van der Waals surface area contributed by atoms with E-state index in [9.17, 15) is 9.59 Å². The Morgan fingerprint density at radius 3 is 3.21 bits per heavy atom. The number of aromatic amines is 1. The molecule has 2 amide bonds. The zero-order chi connectivity index (χ0) is 16.9. The van der Waals surface area contributed by atoms with Gasteiger partial charge in [0.15, 0.2) is 0 Å². The van der Waals surface area contributed by atoms with E-state index in [1.165, 1.54) is 6.07 Å². The molecule has 8 heteroatoms. The highest BCUT2D eigenvalue weighted by molar-refractivity contribution is 5.89. The molecule has 2 aromatic rings. The minimum absolute atomic E-state index is 0.103. The summed E-state index contributed by atoms with van der Waals surface area (Å²) in [6, 6.07) is 2.90. The van der Waals surface area contributed by atoms with E-state index >= 15 is 0 Å². The summed E-state index contributed by atoms with van der Waals surface area (Å²) in [7, 11) is 1.63. The predicted octanol–water partition coefficient (Wildman–Crippen LogP) is 1.42. The number of ether oxygens (including phenoxy) is 1. The van der Waals surface area contributed by atoms with Crippen molar-refractivity contribution in [3.63, 3.8) is 0 Å². The van der Waals surface area contributed by atoms with Crippen LogP contribution in [0.15, 0.2) is 29.3 Å². The van der Waals surface area contributed by atoms with Crippen molar-refractivity contribution < 1.29 is 9.53 Å². The molecule has 0 saturated heterocycles. The van der Waals surface area contributed by atoms with Crippen molar-refractivity contribution in [1.82, 2.24) is 20.1 Å². The van der Waals surface area contributed by atoms with Gasteiger partial charge in [0.05, 0.1) is 31.1 Å². The zero-order valence-electron chi connectivity index (χ0n) is 13.5. The summed E-state index contributed by atoms with van der Waals surface area (Å²) in [5, 5.41) is 9.90. The van der Waals surface area contributed by atoms with Crippen LogP contribution in [0.1, 0.15) is 30.1 Å². The van der Waals surface area contributed by atoms with Gasteiger partial charge < -0.3 is 20.4 Å². The minimum Gasteiger partial charge on any atom is -0.383 e. The van der Waals surface area contributed by atoms with Crippen LogP contribution in [-0.2, 0) is 17.7 Å². The van der Waals surface area contributed by atoms with Gasteiger partial charge in [-0.25, -0.2) is 4.79 Å². The number of carbonyl (C=O) groups excluding carboxylic acids is 1. The molecule has 0 radical (unpaired) electrons. The Balaban J connectivity index is 1.61. The van der Waals surface area contributed by atoms with Crippen molar-refractivity contribution in [2.45, 2.75) is 31.8 Å². The normalized spacial score (nSPS) is 16.5. The summed E-state index contributed by atoms with van der Waals surface area (Å²) < 4.78 is 6.70. The molecule has 0 bridgehead atoms. The number of carbonyl (C=O) groups is 1. The van der Waals surface area contributed by atoms with Gasteiger partial charge in [0.1, 0.15) is 0 Å². The summed E-state index contributed by atoms with van der Waals surface area (Å²) >= 11 is 0. The first kappa shape index (κ1) is 16.3. The monoisotopic (exact) mass is 331 g/mol. The molecule has 0 saturated carbocycles. The molecule has 2 heterocycles. The van der Waals surface area contributed by atoms with Crippen LogP contribution in [-0.4, -0.2) is 34.5 Å². The van der Waals surface area contributed by atoms with Gasteiger partial charge in [-0.1, -0.05) is 0 Å². The molecule has 0 aliphatic heterocycles. The number of amides is 2. The average molecular weight is 331 g/mol. The third kappa shape index (κ3) is 3.83. The highest BCUT2D eigenvalue weighted by Crippen LogP contribution is 2.27. The van der Waals surface area contributed by atoms with E-state index in [4.69, 9.17) is 4.74 Å². The van der Waals surface area contributed by atoms with Crippen LogP contribution in [0.25, 0.3) is 0 Å². The number of pyridine rings is 1. The molecule has 3 N–H and O–H groups in total. The largest absolute Gasteiger partial charge is 0.383 e. The molecule has 8 nitrogen and oxygen atoms in total. The van der Waals surface area contributed by atoms with Crippen molar-refractivity contribution in [1.29, 1.82) is 0 Å². The topological polar surface area (TPSA) is 101 Å². The van der Waals surface area contributed by atoms with Crippen molar-refractivity contribution >= 4 is 11.7 Å². The second kappa shape index (κ2) is 7.31. The van der Waals surface area contributed by atoms with Gasteiger partial charge in [0.2, 0.25) is 5.56 Å². The lowest BCUT2D eigenvalue weighted by atomic mass is 9.91. The Bertz CT molecular complexity index is 767. The SMILES string of the molecule is COCCn1cc(NC(=O)N[C@H]2CCCc3[nH]c(=O)ccc32)cn1. The number of hydrogen-bond donors (Lipinski definition) is 3. The van der Waals surface area contributed by atoms with Gasteiger partial charge in [0.25, 0.3) is 0 Å². The van der Waals surface area contributed by atoms with E-state index in [2.05, 4.69) is 20.7 Å². The summed E-state index contributed by atoms with van der Waals surface area (Å²) in [6.07, 6.45) is 5.95. The quantitative estimate of drug-likeness (QED) is 0.771. The fourth-order valence-corrected chi connectivity index (χ4v) is 2.91. The Morgan fingerprint density at radius 1 is 1.50 bits per heavy atom. The molecule has 0 spiro atoms. The summed E-state index contributed by atoms with van der Waals surface area (Å²) in [6.45, 7) is 1.19. The average Bonchev–Trinajstić information content (AvgIpc) is 3.00.